The van der Waals surface area contributed by atoms with E-state index in [9.17, 15) is 4.39 Å². The maximum Gasteiger partial charge on any atom is 0.137 e. The minimum absolute atomic E-state index is 0.0866. The highest BCUT2D eigenvalue weighted by atomic mass is 79.9. The number of ether oxygens (including phenoxy) is 1. The minimum atomic E-state index is -0.191. The summed E-state index contributed by atoms with van der Waals surface area (Å²) in [7, 11) is 1.96. The molecule has 1 aromatic carbocycles. The fraction of sp³-hybridized carbons (Fsp3) is 0.571. The minimum Gasteiger partial charge on any atom is -0.381 e. The van der Waals surface area contributed by atoms with Crippen molar-refractivity contribution < 1.29 is 9.13 Å². The number of nitrogens with one attached hydrogen (secondary N) is 1. The summed E-state index contributed by atoms with van der Waals surface area (Å²) >= 11 is 3.35. The first kappa shape index (κ1) is 14.0. The van der Waals surface area contributed by atoms with E-state index in [-0.39, 0.29) is 11.2 Å². The molecular formula is C14H19BrFNO. The van der Waals surface area contributed by atoms with E-state index in [4.69, 9.17) is 4.74 Å². The first-order valence-corrected chi connectivity index (χ1v) is 7.11. The molecule has 1 unspecified atom stereocenters. The normalized spacial score (nSPS) is 24.2. The van der Waals surface area contributed by atoms with Gasteiger partial charge in [-0.25, -0.2) is 4.39 Å². The zero-order valence-electron chi connectivity index (χ0n) is 10.6. The molecule has 0 radical (unpaired) electrons. The van der Waals surface area contributed by atoms with E-state index in [0.29, 0.717) is 4.47 Å². The van der Waals surface area contributed by atoms with Crippen molar-refractivity contribution in [2.75, 3.05) is 26.8 Å². The molecule has 2 nitrogen and oxygen atoms in total. The van der Waals surface area contributed by atoms with Crippen LogP contribution in [0.15, 0.2) is 22.7 Å². The zero-order chi connectivity index (χ0) is 13.0. The van der Waals surface area contributed by atoms with E-state index in [1.807, 2.05) is 13.1 Å². The SMILES string of the molecule is CNCC1(Cc2cccc(F)c2Br)CCCOC1. The van der Waals surface area contributed by atoms with Crippen molar-refractivity contribution in [2.45, 2.75) is 19.3 Å². The molecule has 1 aliphatic rings. The van der Waals surface area contributed by atoms with Crippen molar-refractivity contribution in [1.82, 2.24) is 5.32 Å². The smallest absolute Gasteiger partial charge is 0.137 e. The monoisotopic (exact) mass is 315 g/mol. The standard InChI is InChI=1S/C14H19BrFNO/c1-17-9-14(6-3-7-18-10-14)8-11-4-2-5-12(16)13(11)15/h2,4-5,17H,3,6-10H2,1H3. The number of hydrogen-bond donors (Lipinski definition) is 1. The van der Waals surface area contributed by atoms with Gasteiger partial charge >= 0.3 is 0 Å². The average molecular weight is 316 g/mol. The fourth-order valence-corrected chi connectivity index (χ4v) is 3.12. The second-order valence-corrected chi connectivity index (χ2v) is 5.87. The van der Waals surface area contributed by atoms with Crippen LogP contribution >= 0.6 is 15.9 Å². The Bertz CT molecular complexity index is 399. The van der Waals surface area contributed by atoms with Crippen LogP contribution in [0.4, 0.5) is 4.39 Å². The summed E-state index contributed by atoms with van der Waals surface area (Å²) in [6, 6.07) is 5.24. The number of benzene rings is 1. The summed E-state index contributed by atoms with van der Waals surface area (Å²) < 4.78 is 19.8. The topological polar surface area (TPSA) is 21.3 Å². The quantitative estimate of drug-likeness (QED) is 0.921. The fourth-order valence-electron chi connectivity index (χ4n) is 2.72. The summed E-state index contributed by atoms with van der Waals surface area (Å²) in [5.41, 5.74) is 1.11. The third-order valence-electron chi connectivity index (χ3n) is 3.55. The Morgan fingerprint density at radius 1 is 1.50 bits per heavy atom. The van der Waals surface area contributed by atoms with E-state index in [1.54, 1.807) is 6.07 Å². The summed E-state index contributed by atoms with van der Waals surface area (Å²) in [6.07, 6.45) is 3.04. The van der Waals surface area contributed by atoms with Crippen LogP contribution in [0.1, 0.15) is 18.4 Å². The molecule has 1 atom stereocenters. The van der Waals surface area contributed by atoms with E-state index in [2.05, 4.69) is 21.2 Å². The van der Waals surface area contributed by atoms with E-state index < -0.39 is 0 Å². The van der Waals surface area contributed by atoms with Gasteiger partial charge in [0, 0.05) is 18.6 Å². The predicted molar refractivity (Wildman–Crippen MR) is 74.2 cm³/mol. The Morgan fingerprint density at radius 3 is 3.00 bits per heavy atom. The lowest BCUT2D eigenvalue weighted by Gasteiger charge is -2.37. The first-order valence-electron chi connectivity index (χ1n) is 6.32. The zero-order valence-corrected chi connectivity index (χ0v) is 12.2. The van der Waals surface area contributed by atoms with Gasteiger partial charge in [-0.15, -0.1) is 0 Å². The van der Waals surface area contributed by atoms with Crippen LogP contribution in [0.5, 0.6) is 0 Å². The van der Waals surface area contributed by atoms with Crippen LogP contribution in [-0.4, -0.2) is 26.8 Å². The van der Waals surface area contributed by atoms with Gasteiger partial charge in [-0.1, -0.05) is 12.1 Å². The van der Waals surface area contributed by atoms with Gasteiger partial charge in [0.2, 0.25) is 0 Å². The largest absolute Gasteiger partial charge is 0.381 e. The molecular weight excluding hydrogens is 297 g/mol. The van der Waals surface area contributed by atoms with Crippen LogP contribution in [0, 0.1) is 11.2 Å². The second kappa shape index (κ2) is 6.13. The molecule has 1 aliphatic heterocycles. The van der Waals surface area contributed by atoms with Crippen LogP contribution in [0.2, 0.25) is 0 Å². The molecule has 1 fully saturated rings. The molecule has 18 heavy (non-hydrogen) atoms. The van der Waals surface area contributed by atoms with Crippen LogP contribution in [0.25, 0.3) is 0 Å². The maximum atomic E-state index is 13.6. The van der Waals surface area contributed by atoms with Gasteiger partial charge in [-0.05, 0) is 53.9 Å². The lowest BCUT2D eigenvalue weighted by molar-refractivity contribution is -0.00635. The van der Waals surface area contributed by atoms with Gasteiger partial charge < -0.3 is 10.1 Å². The van der Waals surface area contributed by atoms with Crippen molar-refractivity contribution in [3.63, 3.8) is 0 Å². The van der Waals surface area contributed by atoms with Crippen molar-refractivity contribution >= 4 is 15.9 Å². The van der Waals surface area contributed by atoms with E-state index in [1.165, 1.54) is 6.07 Å². The van der Waals surface area contributed by atoms with Gasteiger partial charge in [0.15, 0.2) is 0 Å². The van der Waals surface area contributed by atoms with E-state index in [0.717, 1.165) is 44.6 Å². The van der Waals surface area contributed by atoms with Gasteiger partial charge in [0.05, 0.1) is 11.1 Å². The van der Waals surface area contributed by atoms with Gasteiger partial charge in [0.25, 0.3) is 0 Å². The Labute approximate surface area is 116 Å². The highest BCUT2D eigenvalue weighted by Gasteiger charge is 2.33. The predicted octanol–water partition coefficient (Wildman–Crippen LogP) is 3.15. The van der Waals surface area contributed by atoms with Gasteiger partial charge in [-0.2, -0.15) is 0 Å². The molecule has 1 N–H and O–H groups in total. The lowest BCUT2D eigenvalue weighted by Crippen LogP contribution is -2.41. The van der Waals surface area contributed by atoms with Crippen molar-refractivity contribution in [1.29, 1.82) is 0 Å². The summed E-state index contributed by atoms with van der Waals surface area (Å²) in [5, 5.41) is 3.24. The second-order valence-electron chi connectivity index (χ2n) is 5.08. The van der Waals surface area contributed by atoms with Crippen LogP contribution in [0.3, 0.4) is 0 Å². The van der Waals surface area contributed by atoms with Crippen LogP contribution < -0.4 is 5.32 Å². The first-order chi connectivity index (χ1) is 8.67. The van der Waals surface area contributed by atoms with E-state index >= 15 is 0 Å². The van der Waals surface area contributed by atoms with Crippen molar-refractivity contribution in [3.8, 4) is 0 Å². The molecule has 4 heteroatoms. The van der Waals surface area contributed by atoms with Gasteiger partial charge in [-0.3, -0.25) is 0 Å². The average Bonchev–Trinajstić information content (AvgIpc) is 2.36. The molecule has 0 aromatic heterocycles. The van der Waals surface area contributed by atoms with Crippen LogP contribution in [-0.2, 0) is 11.2 Å². The molecule has 0 saturated carbocycles. The molecule has 0 bridgehead atoms. The number of rotatable bonds is 4. The lowest BCUT2D eigenvalue weighted by atomic mass is 9.77. The number of hydrogen-bond acceptors (Lipinski definition) is 2. The Hall–Kier alpha value is -0.450. The summed E-state index contributed by atoms with van der Waals surface area (Å²) in [6.45, 7) is 2.49. The Morgan fingerprint density at radius 2 is 2.33 bits per heavy atom. The number of halogens is 2. The molecule has 0 aliphatic carbocycles. The highest BCUT2D eigenvalue weighted by molar-refractivity contribution is 9.10. The maximum absolute atomic E-state index is 13.6. The summed E-state index contributed by atoms with van der Waals surface area (Å²) in [5.74, 6) is -0.191. The molecule has 2 rings (SSSR count). The molecule has 100 valence electrons. The Kier molecular flexibility index (Phi) is 4.76. The van der Waals surface area contributed by atoms with Crippen molar-refractivity contribution in [3.05, 3.63) is 34.1 Å². The highest BCUT2D eigenvalue weighted by Crippen LogP contribution is 2.34. The molecule has 1 saturated heterocycles. The summed E-state index contributed by atoms with van der Waals surface area (Å²) in [4.78, 5) is 0. The van der Waals surface area contributed by atoms with Gasteiger partial charge in [0.1, 0.15) is 5.82 Å². The Balaban J connectivity index is 2.20. The third-order valence-corrected chi connectivity index (χ3v) is 4.44. The molecule has 0 spiro atoms. The molecule has 1 heterocycles. The third kappa shape index (κ3) is 3.11. The van der Waals surface area contributed by atoms with Crippen molar-refractivity contribution in [2.24, 2.45) is 5.41 Å². The molecule has 1 aromatic rings. The molecule has 0 amide bonds.